The summed E-state index contributed by atoms with van der Waals surface area (Å²) in [5.41, 5.74) is 12.1. The standard InChI is InChI=1S/C14H21N5O2/c15-11-2-3-12(17-9-11)8-14(21)19-5-1-4-18(6-7-19)10-13(16)20/h2-3,9H,1,4-8,10,15H2,(H2,16,20). The molecule has 1 aliphatic heterocycles. The molecule has 1 fully saturated rings. The van der Waals surface area contributed by atoms with E-state index < -0.39 is 0 Å². The predicted octanol–water partition coefficient (Wildman–Crippen LogP) is -0.774. The van der Waals surface area contributed by atoms with Crippen LogP contribution in [0.2, 0.25) is 0 Å². The summed E-state index contributed by atoms with van der Waals surface area (Å²) in [5, 5.41) is 0. The Bertz CT molecular complexity index is 503. The van der Waals surface area contributed by atoms with Crippen LogP contribution in [0.1, 0.15) is 12.1 Å². The van der Waals surface area contributed by atoms with Crippen LogP contribution in [0.4, 0.5) is 5.69 Å². The summed E-state index contributed by atoms with van der Waals surface area (Å²) in [6.07, 6.45) is 2.67. The first kappa shape index (κ1) is 15.2. The maximum absolute atomic E-state index is 12.3. The Kier molecular flexibility index (Phi) is 5.10. The van der Waals surface area contributed by atoms with Gasteiger partial charge >= 0.3 is 0 Å². The van der Waals surface area contributed by atoms with Gasteiger partial charge in [0.15, 0.2) is 0 Å². The van der Waals surface area contributed by atoms with Crippen molar-refractivity contribution >= 4 is 17.5 Å². The van der Waals surface area contributed by atoms with Gasteiger partial charge in [-0.3, -0.25) is 19.5 Å². The Labute approximate surface area is 123 Å². The van der Waals surface area contributed by atoms with Crippen LogP contribution in [-0.2, 0) is 16.0 Å². The molecule has 0 saturated carbocycles. The summed E-state index contributed by atoms with van der Waals surface area (Å²) in [5.74, 6) is -0.283. The largest absolute Gasteiger partial charge is 0.397 e. The molecule has 7 heteroatoms. The van der Waals surface area contributed by atoms with Gasteiger partial charge in [0.05, 0.1) is 24.8 Å². The number of carbonyl (C=O) groups is 2. The summed E-state index contributed by atoms with van der Waals surface area (Å²) >= 11 is 0. The lowest BCUT2D eigenvalue weighted by Crippen LogP contribution is -2.38. The van der Waals surface area contributed by atoms with Crippen molar-refractivity contribution in [3.05, 3.63) is 24.0 Å². The fraction of sp³-hybridized carbons (Fsp3) is 0.500. The number of rotatable bonds is 4. The predicted molar refractivity (Wildman–Crippen MR) is 79.2 cm³/mol. The van der Waals surface area contributed by atoms with Crippen molar-refractivity contribution < 1.29 is 9.59 Å². The van der Waals surface area contributed by atoms with Gasteiger partial charge in [0.25, 0.3) is 0 Å². The molecule has 1 aromatic rings. The van der Waals surface area contributed by atoms with Gasteiger partial charge in [0.2, 0.25) is 11.8 Å². The van der Waals surface area contributed by atoms with E-state index in [1.807, 2.05) is 9.80 Å². The third-order valence-corrected chi connectivity index (χ3v) is 3.50. The summed E-state index contributed by atoms with van der Waals surface area (Å²) in [6, 6.07) is 3.51. The van der Waals surface area contributed by atoms with Gasteiger partial charge in [-0.1, -0.05) is 0 Å². The maximum Gasteiger partial charge on any atom is 0.231 e. The molecule has 1 aromatic heterocycles. The minimum absolute atomic E-state index is 0.0493. The van der Waals surface area contributed by atoms with Crippen LogP contribution in [-0.4, -0.2) is 59.3 Å². The summed E-state index contributed by atoms with van der Waals surface area (Å²) in [6.45, 7) is 3.02. The molecule has 7 nitrogen and oxygen atoms in total. The lowest BCUT2D eigenvalue weighted by atomic mass is 10.2. The second kappa shape index (κ2) is 7.03. The number of nitrogen functional groups attached to an aromatic ring is 1. The smallest absolute Gasteiger partial charge is 0.231 e. The Balaban J connectivity index is 1.88. The molecule has 0 unspecified atom stereocenters. The zero-order valence-corrected chi connectivity index (χ0v) is 12.0. The number of primary amides is 1. The third-order valence-electron chi connectivity index (χ3n) is 3.50. The van der Waals surface area contributed by atoms with Gasteiger partial charge < -0.3 is 16.4 Å². The Morgan fingerprint density at radius 3 is 2.67 bits per heavy atom. The molecule has 21 heavy (non-hydrogen) atoms. The number of nitrogens with two attached hydrogens (primary N) is 2. The molecule has 2 heterocycles. The van der Waals surface area contributed by atoms with Gasteiger partial charge in [-0.05, 0) is 18.6 Å². The molecule has 0 atom stereocenters. The molecule has 2 amide bonds. The summed E-state index contributed by atoms with van der Waals surface area (Å²) in [7, 11) is 0. The van der Waals surface area contributed by atoms with Crippen LogP contribution < -0.4 is 11.5 Å². The maximum atomic E-state index is 12.3. The Hall–Kier alpha value is -2.15. The van der Waals surface area contributed by atoms with Crippen LogP contribution in [0.3, 0.4) is 0 Å². The fourth-order valence-corrected chi connectivity index (χ4v) is 2.41. The minimum atomic E-state index is -0.333. The summed E-state index contributed by atoms with van der Waals surface area (Å²) < 4.78 is 0. The normalized spacial score (nSPS) is 16.5. The number of hydrogen-bond acceptors (Lipinski definition) is 5. The number of nitrogens with zero attached hydrogens (tertiary/aromatic N) is 3. The Morgan fingerprint density at radius 2 is 2.00 bits per heavy atom. The van der Waals surface area contributed by atoms with Crippen molar-refractivity contribution in [3.8, 4) is 0 Å². The van der Waals surface area contributed by atoms with E-state index in [9.17, 15) is 9.59 Å². The highest BCUT2D eigenvalue weighted by Crippen LogP contribution is 2.07. The third kappa shape index (κ3) is 4.71. The monoisotopic (exact) mass is 291 g/mol. The number of aromatic nitrogens is 1. The average molecular weight is 291 g/mol. The lowest BCUT2D eigenvalue weighted by molar-refractivity contribution is -0.130. The fourth-order valence-electron chi connectivity index (χ4n) is 2.41. The molecule has 0 spiro atoms. The molecule has 1 saturated heterocycles. The van der Waals surface area contributed by atoms with Crippen LogP contribution >= 0.6 is 0 Å². The van der Waals surface area contributed by atoms with Gasteiger partial charge in [0.1, 0.15) is 0 Å². The second-order valence-corrected chi connectivity index (χ2v) is 5.24. The topological polar surface area (TPSA) is 106 Å². The van der Waals surface area contributed by atoms with E-state index in [2.05, 4.69) is 4.98 Å². The van der Waals surface area contributed by atoms with Crippen LogP contribution in [0.25, 0.3) is 0 Å². The summed E-state index contributed by atoms with van der Waals surface area (Å²) in [4.78, 5) is 31.2. The molecule has 0 aromatic carbocycles. The minimum Gasteiger partial charge on any atom is -0.397 e. The average Bonchev–Trinajstić information content (AvgIpc) is 2.66. The molecular formula is C14H21N5O2. The van der Waals surface area contributed by atoms with E-state index in [-0.39, 0.29) is 24.8 Å². The SMILES string of the molecule is NC(=O)CN1CCCN(C(=O)Cc2ccc(N)cn2)CC1. The zero-order chi connectivity index (χ0) is 15.2. The van der Waals surface area contributed by atoms with E-state index in [1.165, 1.54) is 0 Å². The molecule has 4 N–H and O–H groups in total. The van der Waals surface area contributed by atoms with Crippen molar-refractivity contribution in [2.75, 3.05) is 38.5 Å². The highest BCUT2D eigenvalue weighted by atomic mass is 16.2. The molecular weight excluding hydrogens is 270 g/mol. The molecule has 114 valence electrons. The number of carbonyl (C=O) groups excluding carboxylic acids is 2. The number of anilines is 1. The van der Waals surface area contributed by atoms with E-state index in [0.717, 1.165) is 13.0 Å². The zero-order valence-electron chi connectivity index (χ0n) is 12.0. The highest BCUT2D eigenvalue weighted by molar-refractivity contribution is 5.78. The molecule has 2 rings (SSSR count). The molecule has 1 aliphatic rings. The van der Waals surface area contributed by atoms with Gasteiger partial charge in [0, 0.05) is 31.9 Å². The van der Waals surface area contributed by atoms with Crippen LogP contribution in [0, 0.1) is 0 Å². The van der Waals surface area contributed by atoms with Crippen molar-refractivity contribution in [1.82, 2.24) is 14.8 Å². The lowest BCUT2D eigenvalue weighted by Gasteiger charge is -2.21. The second-order valence-electron chi connectivity index (χ2n) is 5.24. The molecule has 0 radical (unpaired) electrons. The number of hydrogen-bond donors (Lipinski definition) is 2. The van der Waals surface area contributed by atoms with Gasteiger partial charge in [-0.15, -0.1) is 0 Å². The first-order chi connectivity index (χ1) is 10.0. The van der Waals surface area contributed by atoms with Crippen LogP contribution in [0.5, 0.6) is 0 Å². The quantitative estimate of drug-likeness (QED) is 0.757. The van der Waals surface area contributed by atoms with Gasteiger partial charge in [-0.2, -0.15) is 0 Å². The van der Waals surface area contributed by atoms with E-state index in [1.54, 1.807) is 18.3 Å². The van der Waals surface area contributed by atoms with E-state index in [4.69, 9.17) is 11.5 Å². The van der Waals surface area contributed by atoms with Crippen molar-refractivity contribution in [2.45, 2.75) is 12.8 Å². The molecule has 0 bridgehead atoms. The van der Waals surface area contributed by atoms with Gasteiger partial charge in [-0.25, -0.2) is 0 Å². The number of pyridine rings is 1. The van der Waals surface area contributed by atoms with Crippen LogP contribution in [0.15, 0.2) is 18.3 Å². The Morgan fingerprint density at radius 1 is 1.19 bits per heavy atom. The van der Waals surface area contributed by atoms with E-state index >= 15 is 0 Å². The van der Waals surface area contributed by atoms with E-state index in [0.29, 0.717) is 31.0 Å². The number of amides is 2. The highest BCUT2D eigenvalue weighted by Gasteiger charge is 2.20. The molecule has 0 aliphatic carbocycles. The van der Waals surface area contributed by atoms with Crippen molar-refractivity contribution in [1.29, 1.82) is 0 Å². The first-order valence-corrected chi connectivity index (χ1v) is 7.03. The van der Waals surface area contributed by atoms with Crippen molar-refractivity contribution in [3.63, 3.8) is 0 Å². The first-order valence-electron chi connectivity index (χ1n) is 7.03. The van der Waals surface area contributed by atoms with Crippen molar-refractivity contribution in [2.24, 2.45) is 5.73 Å².